The van der Waals surface area contributed by atoms with Gasteiger partial charge < -0.3 is 0 Å². The molecule has 0 saturated heterocycles. The van der Waals surface area contributed by atoms with E-state index in [-0.39, 0.29) is 0 Å². The summed E-state index contributed by atoms with van der Waals surface area (Å²) >= 11 is 0. The molecule has 0 fully saturated rings. The SMILES string of the molecule is CCCCCC(CCCCC)CCCCCC(CCCCC)CCCCC. The van der Waals surface area contributed by atoms with Crippen molar-refractivity contribution in [3.8, 4) is 0 Å². The standard InChI is InChI=1S/C27H56/c1-5-9-14-20-26(21-15-10-6-2)24-18-13-19-25-27(22-16-11-7-3)23-17-12-8-4/h26-27H,5-25H2,1-4H3. The van der Waals surface area contributed by atoms with Gasteiger partial charge in [0.2, 0.25) is 0 Å². The van der Waals surface area contributed by atoms with E-state index in [1.165, 1.54) is 135 Å². The molecule has 164 valence electrons. The monoisotopic (exact) mass is 380 g/mol. The summed E-state index contributed by atoms with van der Waals surface area (Å²) in [6, 6.07) is 0. The lowest BCUT2D eigenvalue weighted by Gasteiger charge is -2.18. The highest BCUT2D eigenvalue weighted by Crippen LogP contribution is 2.26. The summed E-state index contributed by atoms with van der Waals surface area (Å²) < 4.78 is 0. The third kappa shape index (κ3) is 19.1. The summed E-state index contributed by atoms with van der Waals surface area (Å²) in [6.07, 6.45) is 30.7. The van der Waals surface area contributed by atoms with Crippen LogP contribution in [0.5, 0.6) is 0 Å². The number of hydrogen-bond acceptors (Lipinski definition) is 0. The maximum absolute atomic E-state index is 2.34. The molecule has 0 radical (unpaired) electrons. The Labute approximate surface area is 174 Å². The average molecular weight is 381 g/mol. The molecule has 0 bridgehead atoms. The van der Waals surface area contributed by atoms with E-state index in [0.29, 0.717) is 0 Å². The summed E-state index contributed by atoms with van der Waals surface area (Å²) in [6.45, 7) is 9.35. The molecule has 0 atom stereocenters. The van der Waals surface area contributed by atoms with Crippen LogP contribution < -0.4 is 0 Å². The van der Waals surface area contributed by atoms with Crippen molar-refractivity contribution >= 4 is 0 Å². The van der Waals surface area contributed by atoms with Gasteiger partial charge >= 0.3 is 0 Å². The molecule has 0 aromatic heterocycles. The van der Waals surface area contributed by atoms with Crippen LogP contribution in [0.1, 0.15) is 163 Å². The topological polar surface area (TPSA) is 0 Å². The van der Waals surface area contributed by atoms with Gasteiger partial charge in [-0.25, -0.2) is 0 Å². The first-order chi connectivity index (χ1) is 13.3. The van der Waals surface area contributed by atoms with Crippen molar-refractivity contribution in [2.24, 2.45) is 11.8 Å². The van der Waals surface area contributed by atoms with E-state index >= 15 is 0 Å². The molecule has 0 nitrogen and oxygen atoms in total. The second-order valence-electron chi connectivity index (χ2n) is 9.35. The van der Waals surface area contributed by atoms with E-state index in [0.717, 1.165) is 11.8 Å². The first kappa shape index (κ1) is 27.0. The third-order valence-electron chi connectivity index (χ3n) is 6.59. The minimum Gasteiger partial charge on any atom is -0.0654 e. The van der Waals surface area contributed by atoms with Gasteiger partial charge in [-0.2, -0.15) is 0 Å². The molecule has 0 amide bonds. The Balaban J connectivity index is 3.97. The molecule has 0 saturated carbocycles. The highest BCUT2D eigenvalue weighted by atomic mass is 14.2. The van der Waals surface area contributed by atoms with Gasteiger partial charge in [0.25, 0.3) is 0 Å². The molecule has 0 N–H and O–H groups in total. The van der Waals surface area contributed by atoms with Gasteiger partial charge in [0.05, 0.1) is 0 Å². The number of unbranched alkanes of at least 4 members (excludes halogenated alkanes) is 10. The molecule has 0 rings (SSSR count). The molecule has 0 heteroatoms. The van der Waals surface area contributed by atoms with Crippen molar-refractivity contribution < 1.29 is 0 Å². The van der Waals surface area contributed by atoms with E-state index < -0.39 is 0 Å². The van der Waals surface area contributed by atoms with E-state index in [1.807, 2.05) is 0 Å². The van der Waals surface area contributed by atoms with E-state index in [4.69, 9.17) is 0 Å². The van der Waals surface area contributed by atoms with Crippen molar-refractivity contribution in [1.82, 2.24) is 0 Å². The van der Waals surface area contributed by atoms with Crippen LogP contribution in [0.2, 0.25) is 0 Å². The zero-order valence-corrected chi connectivity index (χ0v) is 20.0. The summed E-state index contributed by atoms with van der Waals surface area (Å²) in [4.78, 5) is 0. The van der Waals surface area contributed by atoms with Crippen LogP contribution in [0.15, 0.2) is 0 Å². The molecule has 0 heterocycles. The van der Waals surface area contributed by atoms with Crippen LogP contribution in [-0.4, -0.2) is 0 Å². The van der Waals surface area contributed by atoms with Crippen molar-refractivity contribution in [3.63, 3.8) is 0 Å². The second-order valence-corrected chi connectivity index (χ2v) is 9.35. The van der Waals surface area contributed by atoms with Gasteiger partial charge in [-0.05, 0) is 11.8 Å². The molecule has 0 aromatic carbocycles. The van der Waals surface area contributed by atoms with Crippen LogP contribution in [0.3, 0.4) is 0 Å². The zero-order chi connectivity index (χ0) is 20.0. The Morgan fingerprint density at radius 2 is 0.519 bits per heavy atom. The molecular weight excluding hydrogens is 324 g/mol. The van der Waals surface area contributed by atoms with E-state index in [2.05, 4.69) is 27.7 Å². The Morgan fingerprint density at radius 1 is 0.296 bits per heavy atom. The highest BCUT2D eigenvalue weighted by molar-refractivity contribution is 4.64. The maximum atomic E-state index is 2.34. The lowest BCUT2D eigenvalue weighted by Crippen LogP contribution is -2.03. The second kappa shape index (κ2) is 22.3. The first-order valence-electron chi connectivity index (χ1n) is 13.3. The van der Waals surface area contributed by atoms with Gasteiger partial charge in [0.1, 0.15) is 0 Å². The van der Waals surface area contributed by atoms with Crippen LogP contribution >= 0.6 is 0 Å². The van der Waals surface area contributed by atoms with E-state index in [9.17, 15) is 0 Å². The maximum Gasteiger partial charge on any atom is -0.0414 e. The molecule has 0 unspecified atom stereocenters. The fraction of sp³-hybridized carbons (Fsp3) is 1.00. The first-order valence-corrected chi connectivity index (χ1v) is 13.3. The van der Waals surface area contributed by atoms with Crippen LogP contribution in [0.25, 0.3) is 0 Å². The number of hydrogen-bond donors (Lipinski definition) is 0. The van der Waals surface area contributed by atoms with Crippen molar-refractivity contribution in [3.05, 3.63) is 0 Å². The van der Waals surface area contributed by atoms with Gasteiger partial charge in [-0.3, -0.25) is 0 Å². The molecule has 27 heavy (non-hydrogen) atoms. The molecule has 0 aliphatic carbocycles. The quantitative estimate of drug-likeness (QED) is 0.164. The molecule has 0 aliphatic rings. The van der Waals surface area contributed by atoms with Crippen molar-refractivity contribution in [1.29, 1.82) is 0 Å². The summed E-state index contributed by atoms with van der Waals surface area (Å²) in [5, 5.41) is 0. The normalized spacial score (nSPS) is 11.8. The molecule has 0 aromatic rings. The highest BCUT2D eigenvalue weighted by Gasteiger charge is 2.10. The summed E-state index contributed by atoms with van der Waals surface area (Å²) in [5.41, 5.74) is 0. The fourth-order valence-electron chi connectivity index (χ4n) is 4.64. The van der Waals surface area contributed by atoms with Crippen LogP contribution in [-0.2, 0) is 0 Å². The van der Waals surface area contributed by atoms with E-state index in [1.54, 1.807) is 0 Å². The lowest BCUT2D eigenvalue weighted by molar-refractivity contribution is 0.349. The van der Waals surface area contributed by atoms with Gasteiger partial charge in [0, 0.05) is 0 Å². The molecular formula is C27H56. The summed E-state index contributed by atoms with van der Waals surface area (Å²) in [7, 11) is 0. The largest absolute Gasteiger partial charge is 0.0654 e. The lowest BCUT2D eigenvalue weighted by atomic mass is 9.88. The third-order valence-corrected chi connectivity index (χ3v) is 6.59. The van der Waals surface area contributed by atoms with Crippen molar-refractivity contribution in [2.75, 3.05) is 0 Å². The summed E-state index contributed by atoms with van der Waals surface area (Å²) in [5.74, 6) is 2.07. The smallest absolute Gasteiger partial charge is 0.0414 e. The predicted octanol–water partition coefficient (Wildman–Crippen LogP) is 10.5. The fourth-order valence-corrected chi connectivity index (χ4v) is 4.64. The Morgan fingerprint density at radius 3 is 0.741 bits per heavy atom. The Kier molecular flexibility index (Phi) is 22.3. The minimum atomic E-state index is 1.04. The average Bonchev–Trinajstić information content (AvgIpc) is 2.67. The molecule has 0 spiro atoms. The van der Waals surface area contributed by atoms with Gasteiger partial charge in [-0.1, -0.05) is 163 Å². The molecule has 0 aliphatic heterocycles. The van der Waals surface area contributed by atoms with Crippen LogP contribution in [0, 0.1) is 11.8 Å². The minimum absolute atomic E-state index is 1.04. The zero-order valence-electron chi connectivity index (χ0n) is 20.0. The van der Waals surface area contributed by atoms with Gasteiger partial charge in [0.15, 0.2) is 0 Å². The predicted molar refractivity (Wildman–Crippen MR) is 127 cm³/mol. The van der Waals surface area contributed by atoms with Gasteiger partial charge in [-0.15, -0.1) is 0 Å². The number of rotatable bonds is 22. The van der Waals surface area contributed by atoms with Crippen molar-refractivity contribution in [2.45, 2.75) is 163 Å². The Hall–Kier alpha value is 0. The van der Waals surface area contributed by atoms with Crippen LogP contribution in [0.4, 0.5) is 0 Å². The Bertz CT molecular complexity index is 211.